The zero-order chi connectivity index (χ0) is 15.8. The van der Waals surface area contributed by atoms with Crippen molar-refractivity contribution >= 4 is 5.78 Å². The molecule has 0 amide bonds. The normalized spacial score (nSPS) is 30.0. The van der Waals surface area contributed by atoms with Crippen LogP contribution in [-0.2, 0) is 0 Å². The lowest BCUT2D eigenvalue weighted by molar-refractivity contribution is 0.0820. The fraction of sp³-hybridized carbons (Fsp3) is 0.632. The number of hydrogen-bond donors (Lipinski definition) is 1. The number of carbonyl (C=O) groups is 1. The summed E-state index contributed by atoms with van der Waals surface area (Å²) in [6.07, 6.45) is 7.67. The van der Waals surface area contributed by atoms with Crippen molar-refractivity contribution in [3.05, 3.63) is 29.6 Å². The Hall–Kier alpha value is -1.42. The Morgan fingerprint density at radius 2 is 1.91 bits per heavy atom. The summed E-state index contributed by atoms with van der Waals surface area (Å²) in [5, 5.41) is 3.61. The summed E-state index contributed by atoms with van der Waals surface area (Å²) >= 11 is 0. The zero-order valence-electron chi connectivity index (χ0n) is 13.4. The number of fused-ring (bicyclic) bond motifs is 2. The molecule has 2 aliphatic heterocycles. The molecule has 2 heterocycles. The molecule has 3 nitrogen and oxygen atoms in total. The first-order valence-electron chi connectivity index (χ1n) is 8.91. The fourth-order valence-corrected chi connectivity index (χ4v) is 4.01. The Kier molecular flexibility index (Phi) is 4.10. The number of halogens is 1. The predicted molar refractivity (Wildman–Crippen MR) is 86.2 cm³/mol. The average Bonchev–Trinajstić information content (AvgIpc) is 3.37. The van der Waals surface area contributed by atoms with Crippen LogP contribution in [0.25, 0.3) is 0 Å². The molecule has 3 aliphatic rings. The molecular formula is C19H24FNO2. The largest absolute Gasteiger partial charge is 0.493 e. The fourth-order valence-electron chi connectivity index (χ4n) is 4.01. The van der Waals surface area contributed by atoms with Crippen LogP contribution in [0.1, 0.15) is 55.3 Å². The molecule has 0 spiro atoms. The Bertz CT molecular complexity index is 587. The van der Waals surface area contributed by atoms with Crippen molar-refractivity contribution in [1.29, 1.82) is 0 Å². The summed E-state index contributed by atoms with van der Waals surface area (Å²) in [5.74, 6) is 0.875. The number of rotatable bonds is 5. The second-order valence-corrected chi connectivity index (χ2v) is 7.42. The maximum Gasteiger partial charge on any atom is 0.169 e. The Balaban J connectivity index is 1.53. The van der Waals surface area contributed by atoms with Crippen LogP contribution in [0.5, 0.6) is 5.75 Å². The van der Waals surface area contributed by atoms with E-state index in [1.54, 1.807) is 6.07 Å². The topological polar surface area (TPSA) is 38.3 Å². The number of ketones is 1. The quantitative estimate of drug-likeness (QED) is 0.841. The SMILES string of the molecule is O=C(c1cc(F)ccc1OCC1CC1)C1CC2CCCC(C1)N2. The molecule has 3 fully saturated rings. The summed E-state index contributed by atoms with van der Waals surface area (Å²) in [5.41, 5.74) is 0.440. The van der Waals surface area contributed by atoms with E-state index in [0.29, 0.717) is 35.9 Å². The van der Waals surface area contributed by atoms with Gasteiger partial charge in [-0.15, -0.1) is 0 Å². The molecular weight excluding hydrogens is 293 g/mol. The molecule has 0 radical (unpaired) electrons. The minimum Gasteiger partial charge on any atom is -0.493 e. The van der Waals surface area contributed by atoms with Gasteiger partial charge in [0.15, 0.2) is 5.78 Å². The van der Waals surface area contributed by atoms with Crippen LogP contribution in [-0.4, -0.2) is 24.5 Å². The van der Waals surface area contributed by atoms with Crippen LogP contribution in [0.15, 0.2) is 18.2 Å². The molecule has 2 atom stereocenters. The second kappa shape index (κ2) is 6.23. The molecule has 0 aromatic heterocycles. The molecule has 1 aromatic carbocycles. The van der Waals surface area contributed by atoms with Gasteiger partial charge in [-0.3, -0.25) is 4.79 Å². The van der Waals surface area contributed by atoms with Gasteiger partial charge >= 0.3 is 0 Å². The van der Waals surface area contributed by atoms with Gasteiger partial charge in [-0.05, 0) is 62.6 Å². The maximum absolute atomic E-state index is 13.7. The van der Waals surface area contributed by atoms with Crippen LogP contribution in [0.2, 0.25) is 0 Å². The van der Waals surface area contributed by atoms with Crippen molar-refractivity contribution in [2.75, 3.05) is 6.61 Å². The number of benzene rings is 1. The molecule has 2 bridgehead atoms. The van der Waals surface area contributed by atoms with Crippen molar-refractivity contribution in [1.82, 2.24) is 5.32 Å². The predicted octanol–water partition coefficient (Wildman–Crippen LogP) is 3.72. The number of nitrogens with one attached hydrogen (secondary N) is 1. The van der Waals surface area contributed by atoms with Crippen LogP contribution in [0, 0.1) is 17.7 Å². The van der Waals surface area contributed by atoms with E-state index in [1.165, 1.54) is 31.4 Å². The molecule has 1 saturated carbocycles. The number of ether oxygens (including phenoxy) is 1. The van der Waals surface area contributed by atoms with Crippen molar-refractivity contribution in [2.45, 2.75) is 57.0 Å². The van der Waals surface area contributed by atoms with E-state index >= 15 is 0 Å². The molecule has 1 aromatic rings. The molecule has 2 saturated heterocycles. The average molecular weight is 317 g/mol. The van der Waals surface area contributed by atoms with E-state index in [0.717, 1.165) is 25.7 Å². The van der Waals surface area contributed by atoms with Gasteiger partial charge in [0.05, 0.1) is 12.2 Å². The number of hydrogen-bond acceptors (Lipinski definition) is 3. The highest BCUT2D eigenvalue weighted by Crippen LogP contribution is 2.35. The van der Waals surface area contributed by atoms with Gasteiger partial charge in [0.25, 0.3) is 0 Å². The van der Waals surface area contributed by atoms with E-state index in [4.69, 9.17) is 4.74 Å². The van der Waals surface area contributed by atoms with Gasteiger partial charge in [-0.2, -0.15) is 0 Å². The summed E-state index contributed by atoms with van der Waals surface area (Å²) in [7, 11) is 0. The lowest BCUT2D eigenvalue weighted by Crippen LogP contribution is -2.50. The van der Waals surface area contributed by atoms with Crippen molar-refractivity contribution in [3.8, 4) is 5.75 Å². The Morgan fingerprint density at radius 1 is 1.17 bits per heavy atom. The lowest BCUT2D eigenvalue weighted by Gasteiger charge is -2.39. The lowest BCUT2D eigenvalue weighted by atomic mass is 9.77. The second-order valence-electron chi connectivity index (χ2n) is 7.42. The van der Waals surface area contributed by atoms with Gasteiger partial charge in [0.1, 0.15) is 11.6 Å². The summed E-state index contributed by atoms with van der Waals surface area (Å²) < 4.78 is 19.5. The van der Waals surface area contributed by atoms with E-state index in [9.17, 15) is 9.18 Å². The number of piperidine rings is 2. The van der Waals surface area contributed by atoms with E-state index in [-0.39, 0.29) is 17.5 Å². The Morgan fingerprint density at radius 3 is 2.61 bits per heavy atom. The number of Topliss-reactive ketones (excluding diaryl/α,β-unsaturated/α-hetero) is 1. The van der Waals surface area contributed by atoms with Gasteiger partial charge < -0.3 is 10.1 Å². The first-order chi connectivity index (χ1) is 11.2. The van der Waals surface area contributed by atoms with Crippen LogP contribution >= 0.6 is 0 Å². The van der Waals surface area contributed by atoms with Gasteiger partial charge in [0, 0.05) is 18.0 Å². The third-order valence-electron chi connectivity index (χ3n) is 5.46. The van der Waals surface area contributed by atoms with Crippen LogP contribution < -0.4 is 10.1 Å². The first-order valence-corrected chi connectivity index (χ1v) is 8.91. The molecule has 4 heteroatoms. The van der Waals surface area contributed by atoms with E-state index in [2.05, 4.69) is 5.32 Å². The molecule has 23 heavy (non-hydrogen) atoms. The summed E-state index contributed by atoms with van der Waals surface area (Å²) in [6.45, 7) is 0.642. The maximum atomic E-state index is 13.7. The van der Waals surface area contributed by atoms with Crippen LogP contribution in [0.3, 0.4) is 0 Å². The smallest absolute Gasteiger partial charge is 0.169 e. The molecule has 124 valence electrons. The van der Waals surface area contributed by atoms with Crippen molar-refractivity contribution < 1.29 is 13.9 Å². The highest BCUT2D eigenvalue weighted by atomic mass is 19.1. The third kappa shape index (κ3) is 3.42. The number of carbonyl (C=O) groups excluding carboxylic acids is 1. The van der Waals surface area contributed by atoms with Gasteiger partial charge in [0.2, 0.25) is 0 Å². The minimum absolute atomic E-state index is 0.00313. The summed E-state index contributed by atoms with van der Waals surface area (Å²) in [4.78, 5) is 13.0. The van der Waals surface area contributed by atoms with Gasteiger partial charge in [-0.25, -0.2) is 4.39 Å². The highest BCUT2D eigenvalue weighted by Gasteiger charge is 2.36. The monoisotopic (exact) mass is 317 g/mol. The summed E-state index contributed by atoms with van der Waals surface area (Å²) in [6, 6.07) is 5.26. The molecule has 2 unspecified atom stereocenters. The Labute approximate surface area is 136 Å². The highest BCUT2D eigenvalue weighted by molar-refractivity contribution is 6.00. The molecule has 1 N–H and O–H groups in total. The third-order valence-corrected chi connectivity index (χ3v) is 5.46. The van der Waals surface area contributed by atoms with Gasteiger partial charge in [-0.1, -0.05) is 6.42 Å². The standard InChI is InChI=1S/C19H24FNO2/c20-14-6-7-18(23-11-12-4-5-12)17(10-14)19(22)13-8-15-2-1-3-16(9-13)21-15/h6-7,10,12-13,15-16,21H,1-5,8-9,11H2. The van der Waals surface area contributed by atoms with Crippen molar-refractivity contribution in [3.63, 3.8) is 0 Å². The molecule has 4 rings (SSSR count). The van der Waals surface area contributed by atoms with Crippen molar-refractivity contribution in [2.24, 2.45) is 11.8 Å². The minimum atomic E-state index is -0.360. The van der Waals surface area contributed by atoms with E-state index < -0.39 is 0 Å². The molecule has 1 aliphatic carbocycles. The van der Waals surface area contributed by atoms with E-state index in [1.807, 2.05) is 0 Å². The zero-order valence-corrected chi connectivity index (χ0v) is 13.4. The van der Waals surface area contributed by atoms with Crippen LogP contribution in [0.4, 0.5) is 4.39 Å². The first kappa shape index (κ1) is 15.1.